The first-order valence-corrected chi connectivity index (χ1v) is 12.4. The lowest BCUT2D eigenvalue weighted by molar-refractivity contribution is 0.102. The molecule has 3 heterocycles. The molecule has 0 spiro atoms. The third kappa shape index (κ3) is 5.44. The summed E-state index contributed by atoms with van der Waals surface area (Å²) in [5.41, 5.74) is 0.456. The Bertz CT molecular complexity index is 1800. The van der Waals surface area contributed by atoms with Crippen LogP contribution in [-0.4, -0.2) is 29.8 Å². The maximum atomic E-state index is 13.5. The lowest BCUT2D eigenvalue weighted by Crippen LogP contribution is -2.42. The molecule has 0 radical (unpaired) electrons. The molecule has 0 saturated carbocycles. The van der Waals surface area contributed by atoms with Crippen LogP contribution in [0.4, 0.5) is 10.1 Å². The average Bonchev–Trinajstić information content (AvgIpc) is 3.37. The van der Waals surface area contributed by atoms with Crippen LogP contribution in [0.5, 0.6) is 11.5 Å². The summed E-state index contributed by atoms with van der Waals surface area (Å²) in [6.07, 6.45) is 6.45. The standard InChI is InChI=1S/C29H25FN6O4/c1-18(2)35-17-25(28(38)36(29(35)39)22-8-4-20(30)5-9-22)27(37)33-21-6-10-23(11-7-21)40-24-12-13-31-26(14-24)19-15-32-34(3)16-19/h4-18H,1-3H3,(H,33,37). The third-order valence-electron chi connectivity index (χ3n) is 6.08. The van der Waals surface area contributed by atoms with E-state index in [1.807, 2.05) is 13.2 Å². The summed E-state index contributed by atoms with van der Waals surface area (Å²) >= 11 is 0. The Morgan fingerprint density at radius 1 is 0.975 bits per heavy atom. The van der Waals surface area contributed by atoms with Crippen LogP contribution < -0.4 is 21.3 Å². The van der Waals surface area contributed by atoms with Crippen molar-refractivity contribution in [2.75, 3.05) is 5.32 Å². The van der Waals surface area contributed by atoms with Crippen LogP contribution in [0.15, 0.2) is 95.0 Å². The highest BCUT2D eigenvalue weighted by Gasteiger charge is 2.20. The van der Waals surface area contributed by atoms with Gasteiger partial charge in [0.05, 0.1) is 17.6 Å². The number of halogens is 1. The van der Waals surface area contributed by atoms with E-state index in [0.717, 1.165) is 22.3 Å². The zero-order valence-corrected chi connectivity index (χ0v) is 21.9. The quantitative estimate of drug-likeness (QED) is 0.324. The molecule has 5 rings (SSSR count). The van der Waals surface area contributed by atoms with Gasteiger partial charge in [-0.3, -0.25) is 23.8 Å². The second-order valence-electron chi connectivity index (χ2n) is 9.30. The number of benzene rings is 2. The van der Waals surface area contributed by atoms with Gasteiger partial charge in [0.15, 0.2) is 0 Å². The molecule has 202 valence electrons. The zero-order valence-electron chi connectivity index (χ0n) is 21.9. The van der Waals surface area contributed by atoms with Gasteiger partial charge in [-0.25, -0.2) is 13.8 Å². The van der Waals surface area contributed by atoms with Crippen LogP contribution in [0, 0.1) is 5.82 Å². The van der Waals surface area contributed by atoms with Crippen molar-refractivity contribution in [3.63, 3.8) is 0 Å². The Kier molecular flexibility index (Phi) is 7.11. The van der Waals surface area contributed by atoms with Crippen molar-refractivity contribution in [1.29, 1.82) is 0 Å². The van der Waals surface area contributed by atoms with E-state index in [0.29, 0.717) is 22.9 Å². The van der Waals surface area contributed by atoms with Gasteiger partial charge in [0.1, 0.15) is 22.9 Å². The first kappa shape index (κ1) is 26.3. The molecule has 0 saturated heterocycles. The van der Waals surface area contributed by atoms with E-state index in [1.54, 1.807) is 67.3 Å². The number of aryl methyl sites for hydroxylation is 1. The summed E-state index contributed by atoms with van der Waals surface area (Å²) in [6, 6.07) is 14.7. The Hall–Kier alpha value is -5.32. The highest BCUT2D eigenvalue weighted by molar-refractivity contribution is 6.03. The van der Waals surface area contributed by atoms with Gasteiger partial charge in [-0.05, 0) is 68.4 Å². The molecule has 40 heavy (non-hydrogen) atoms. The van der Waals surface area contributed by atoms with Crippen molar-refractivity contribution in [3.05, 3.63) is 118 Å². The molecule has 0 unspecified atom stereocenters. The topological polar surface area (TPSA) is 113 Å². The number of ether oxygens (including phenoxy) is 1. The van der Waals surface area contributed by atoms with E-state index in [1.165, 1.54) is 22.9 Å². The number of nitrogens with zero attached hydrogens (tertiary/aromatic N) is 5. The SMILES string of the molecule is CC(C)n1cc(C(=O)Nc2ccc(Oc3ccnc(-c4cnn(C)c4)c3)cc2)c(=O)n(-c2ccc(F)cc2)c1=O. The normalized spacial score (nSPS) is 11.0. The number of carbonyl (C=O) groups is 1. The maximum absolute atomic E-state index is 13.5. The molecule has 10 nitrogen and oxygen atoms in total. The van der Waals surface area contributed by atoms with Gasteiger partial charge in [-0.2, -0.15) is 5.10 Å². The summed E-state index contributed by atoms with van der Waals surface area (Å²) in [5, 5.41) is 6.85. The number of hydrogen-bond acceptors (Lipinski definition) is 6. The van der Waals surface area contributed by atoms with Crippen molar-refractivity contribution in [3.8, 4) is 28.4 Å². The molecule has 0 bridgehead atoms. The van der Waals surface area contributed by atoms with Gasteiger partial charge < -0.3 is 10.1 Å². The molecule has 0 atom stereocenters. The first-order valence-electron chi connectivity index (χ1n) is 12.4. The molecule has 3 aromatic heterocycles. The van der Waals surface area contributed by atoms with E-state index in [2.05, 4.69) is 15.4 Å². The zero-order chi connectivity index (χ0) is 28.4. The first-order chi connectivity index (χ1) is 19.2. The third-order valence-corrected chi connectivity index (χ3v) is 6.08. The van der Waals surface area contributed by atoms with E-state index < -0.39 is 23.0 Å². The average molecular weight is 541 g/mol. The number of aromatic nitrogens is 5. The van der Waals surface area contributed by atoms with Crippen LogP contribution in [-0.2, 0) is 7.05 Å². The minimum Gasteiger partial charge on any atom is -0.457 e. The lowest BCUT2D eigenvalue weighted by Gasteiger charge is -2.15. The number of anilines is 1. The summed E-state index contributed by atoms with van der Waals surface area (Å²) in [4.78, 5) is 43.8. The van der Waals surface area contributed by atoms with Gasteiger partial charge in [0, 0.05) is 49.0 Å². The molecular formula is C29H25FN6O4. The van der Waals surface area contributed by atoms with Crippen molar-refractivity contribution in [2.24, 2.45) is 7.05 Å². The Balaban J connectivity index is 1.37. The van der Waals surface area contributed by atoms with Gasteiger partial charge in [0.25, 0.3) is 11.5 Å². The number of nitrogens with one attached hydrogen (secondary N) is 1. The minimum atomic E-state index is -0.812. The largest absolute Gasteiger partial charge is 0.457 e. The number of rotatable bonds is 7. The summed E-state index contributed by atoms with van der Waals surface area (Å²) < 4.78 is 23.2. The fraction of sp³-hybridized carbons (Fsp3) is 0.138. The number of hydrogen-bond donors (Lipinski definition) is 1. The lowest BCUT2D eigenvalue weighted by atomic mass is 10.2. The Morgan fingerprint density at radius 3 is 2.35 bits per heavy atom. The van der Waals surface area contributed by atoms with Crippen molar-refractivity contribution in [1.82, 2.24) is 23.9 Å². The van der Waals surface area contributed by atoms with Gasteiger partial charge in [0.2, 0.25) is 0 Å². The predicted molar refractivity (Wildman–Crippen MR) is 148 cm³/mol. The van der Waals surface area contributed by atoms with E-state index in [4.69, 9.17) is 4.74 Å². The fourth-order valence-electron chi connectivity index (χ4n) is 4.04. The number of pyridine rings is 1. The number of amides is 1. The second-order valence-corrected chi connectivity index (χ2v) is 9.30. The molecule has 0 aliphatic heterocycles. The Morgan fingerprint density at radius 2 is 1.70 bits per heavy atom. The summed E-state index contributed by atoms with van der Waals surface area (Å²) in [7, 11) is 1.83. The van der Waals surface area contributed by atoms with Gasteiger partial charge in [-0.1, -0.05) is 0 Å². The summed E-state index contributed by atoms with van der Waals surface area (Å²) in [6.45, 7) is 3.51. The molecule has 0 fully saturated rings. The monoisotopic (exact) mass is 540 g/mol. The van der Waals surface area contributed by atoms with E-state index >= 15 is 0 Å². The molecule has 5 aromatic rings. The van der Waals surface area contributed by atoms with Gasteiger partial charge >= 0.3 is 5.69 Å². The highest BCUT2D eigenvalue weighted by atomic mass is 19.1. The van der Waals surface area contributed by atoms with E-state index in [9.17, 15) is 18.8 Å². The molecule has 0 aliphatic carbocycles. The van der Waals surface area contributed by atoms with Crippen LogP contribution in [0.3, 0.4) is 0 Å². The van der Waals surface area contributed by atoms with Crippen LogP contribution in [0.25, 0.3) is 16.9 Å². The second kappa shape index (κ2) is 10.8. The Labute approximate surface area is 227 Å². The van der Waals surface area contributed by atoms with Crippen molar-refractivity contribution >= 4 is 11.6 Å². The summed E-state index contributed by atoms with van der Waals surface area (Å²) in [5.74, 6) is -0.115. The molecule has 0 aliphatic rings. The highest BCUT2D eigenvalue weighted by Crippen LogP contribution is 2.26. The molecule has 1 amide bonds. The smallest absolute Gasteiger partial charge is 0.335 e. The van der Waals surface area contributed by atoms with Crippen LogP contribution in [0.1, 0.15) is 30.2 Å². The van der Waals surface area contributed by atoms with E-state index in [-0.39, 0.29) is 17.3 Å². The molecule has 1 N–H and O–H groups in total. The van der Waals surface area contributed by atoms with Gasteiger partial charge in [-0.15, -0.1) is 0 Å². The molecule has 11 heteroatoms. The number of carbonyl (C=O) groups excluding carboxylic acids is 1. The van der Waals surface area contributed by atoms with Crippen LogP contribution in [0.2, 0.25) is 0 Å². The van der Waals surface area contributed by atoms with Crippen molar-refractivity contribution in [2.45, 2.75) is 19.9 Å². The van der Waals surface area contributed by atoms with Crippen LogP contribution >= 0.6 is 0 Å². The predicted octanol–water partition coefficient (Wildman–Crippen LogP) is 4.56. The van der Waals surface area contributed by atoms with Crippen molar-refractivity contribution < 1.29 is 13.9 Å². The minimum absolute atomic E-state index is 0.157. The maximum Gasteiger partial charge on any atom is 0.335 e. The molecular weight excluding hydrogens is 515 g/mol. The fourth-order valence-corrected chi connectivity index (χ4v) is 4.04. The molecule has 2 aromatic carbocycles.